The van der Waals surface area contributed by atoms with E-state index >= 15 is 0 Å². The molecule has 0 aliphatic carbocycles. The Kier molecular flexibility index (Phi) is 2.33. The molecule has 0 atom stereocenters. The lowest BCUT2D eigenvalue weighted by Crippen LogP contribution is -2.14. The molecule has 0 saturated carbocycles. The van der Waals surface area contributed by atoms with Crippen LogP contribution in [0.4, 0.5) is 5.69 Å². The highest BCUT2D eigenvalue weighted by molar-refractivity contribution is 5.78. The minimum Gasteiger partial charge on any atom is -0.398 e. The summed E-state index contributed by atoms with van der Waals surface area (Å²) in [5.74, 6) is -0.354. The summed E-state index contributed by atoms with van der Waals surface area (Å²) in [6.45, 7) is 1.95. The van der Waals surface area contributed by atoms with E-state index in [1.54, 1.807) is 6.07 Å². The molecule has 12 heavy (non-hydrogen) atoms. The number of hydrogen-bond acceptors (Lipinski definition) is 2. The molecule has 1 aromatic carbocycles. The van der Waals surface area contributed by atoms with Crippen molar-refractivity contribution in [3.05, 3.63) is 29.3 Å². The number of nitrogen functional groups attached to an aromatic ring is 1. The Bertz CT molecular complexity index is 307. The Balaban J connectivity index is 2.97. The molecule has 0 radical (unpaired) electrons. The van der Waals surface area contributed by atoms with Gasteiger partial charge < -0.3 is 11.5 Å². The molecular formula is C9H12N2O. The molecule has 0 heterocycles. The molecular weight excluding hydrogens is 152 g/mol. The van der Waals surface area contributed by atoms with Crippen molar-refractivity contribution in [2.24, 2.45) is 5.73 Å². The zero-order valence-electron chi connectivity index (χ0n) is 7.00. The van der Waals surface area contributed by atoms with Gasteiger partial charge in [-0.15, -0.1) is 0 Å². The second kappa shape index (κ2) is 3.26. The van der Waals surface area contributed by atoms with Crippen LogP contribution in [0.2, 0.25) is 0 Å². The van der Waals surface area contributed by atoms with Gasteiger partial charge in [-0.25, -0.2) is 0 Å². The maximum atomic E-state index is 10.6. The Hall–Kier alpha value is -1.51. The second-order valence-electron chi connectivity index (χ2n) is 2.85. The Labute approximate surface area is 71.4 Å². The lowest BCUT2D eigenvalue weighted by molar-refractivity contribution is -0.117. The van der Waals surface area contributed by atoms with E-state index in [-0.39, 0.29) is 12.3 Å². The average molecular weight is 164 g/mol. The van der Waals surface area contributed by atoms with Gasteiger partial charge in [-0.05, 0) is 18.6 Å². The summed E-state index contributed by atoms with van der Waals surface area (Å²) in [6, 6.07) is 5.56. The molecule has 0 bridgehead atoms. The summed E-state index contributed by atoms with van der Waals surface area (Å²) in [4.78, 5) is 10.6. The molecule has 4 N–H and O–H groups in total. The van der Waals surface area contributed by atoms with Crippen LogP contribution in [0, 0.1) is 6.92 Å². The highest BCUT2D eigenvalue weighted by atomic mass is 16.1. The van der Waals surface area contributed by atoms with Gasteiger partial charge in [0.25, 0.3) is 0 Å². The van der Waals surface area contributed by atoms with Crippen molar-refractivity contribution < 1.29 is 4.79 Å². The molecule has 1 amide bonds. The predicted octanol–water partition coefficient (Wildman–Crippen LogP) is 0.605. The van der Waals surface area contributed by atoms with E-state index in [1.807, 2.05) is 19.1 Å². The molecule has 0 saturated heterocycles. The summed E-state index contributed by atoms with van der Waals surface area (Å²) in [6.07, 6.45) is 0.216. The van der Waals surface area contributed by atoms with Crippen molar-refractivity contribution in [2.75, 3.05) is 5.73 Å². The summed E-state index contributed by atoms with van der Waals surface area (Å²) in [5, 5.41) is 0. The van der Waals surface area contributed by atoms with Crippen molar-refractivity contribution in [3.8, 4) is 0 Å². The van der Waals surface area contributed by atoms with Gasteiger partial charge in [-0.2, -0.15) is 0 Å². The van der Waals surface area contributed by atoms with E-state index in [0.29, 0.717) is 5.69 Å². The minimum atomic E-state index is -0.354. The van der Waals surface area contributed by atoms with Crippen molar-refractivity contribution >= 4 is 11.6 Å². The van der Waals surface area contributed by atoms with Crippen molar-refractivity contribution in [2.45, 2.75) is 13.3 Å². The van der Waals surface area contributed by atoms with E-state index in [2.05, 4.69) is 0 Å². The van der Waals surface area contributed by atoms with Gasteiger partial charge in [0.1, 0.15) is 0 Å². The third-order valence-corrected chi connectivity index (χ3v) is 1.66. The van der Waals surface area contributed by atoms with Crippen LogP contribution in [-0.4, -0.2) is 5.91 Å². The van der Waals surface area contributed by atoms with E-state index in [9.17, 15) is 4.79 Å². The van der Waals surface area contributed by atoms with Crippen LogP contribution in [0.15, 0.2) is 18.2 Å². The number of rotatable bonds is 2. The van der Waals surface area contributed by atoms with Crippen molar-refractivity contribution in [1.82, 2.24) is 0 Å². The number of primary amides is 1. The zero-order chi connectivity index (χ0) is 9.14. The number of anilines is 1. The standard InChI is InChI=1S/C9H12N2O/c1-6-2-3-8(10)7(4-6)5-9(11)12/h2-4H,5,10H2,1H3,(H2,11,12). The topological polar surface area (TPSA) is 69.1 Å². The lowest BCUT2D eigenvalue weighted by Gasteiger charge is -2.03. The van der Waals surface area contributed by atoms with Gasteiger partial charge in [-0.1, -0.05) is 17.7 Å². The minimum absolute atomic E-state index is 0.216. The molecule has 0 aliphatic heterocycles. The Morgan fingerprint density at radius 2 is 2.17 bits per heavy atom. The first-order chi connectivity index (χ1) is 5.59. The number of benzene rings is 1. The molecule has 0 spiro atoms. The second-order valence-corrected chi connectivity index (χ2v) is 2.85. The molecule has 3 nitrogen and oxygen atoms in total. The number of carbonyl (C=O) groups excluding carboxylic acids is 1. The lowest BCUT2D eigenvalue weighted by atomic mass is 10.1. The molecule has 64 valence electrons. The fourth-order valence-electron chi connectivity index (χ4n) is 1.08. The highest BCUT2D eigenvalue weighted by Gasteiger charge is 2.02. The van der Waals surface area contributed by atoms with E-state index in [4.69, 9.17) is 11.5 Å². The van der Waals surface area contributed by atoms with Crippen LogP contribution in [0.3, 0.4) is 0 Å². The molecule has 3 heteroatoms. The molecule has 1 rings (SSSR count). The van der Waals surface area contributed by atoms with E-state index in [0.717, 1.165) is 11.1 Å². The van der Waals surface area contributed by atoms with E-state index in [1.165, 1.54) is 0 Å². The van der Waals surface area contributed by atoms with Gasteiger partial charge in [-0.3, -0.25) is 4.79 Å². The van der Waals surface area contributed by atoms with Gasteiger partial charge in [0, 0.05) is 5.69 Å². The summed E-state index contributed by atoms with van der Waals surface area (Å²) in [5.41, 5.74) is 13.2. The van der Waals surface area contributed by atoms with Crippen molar-refractivity contribution in [1.29, 1.82) is 0 Å². The maximum absolute atomic E-state index is 10.6. The molecule has 0 aromatic heterocycles. The van der Waals surface area contributed by atoms with Gasteiger partial charge in [0.05, 0.1) is 6.42 Å². The summed E-state index contributed by atoms with van der Waals surface area (Å²) >= 11 is 0. The van der Waals surface area contributed by atoms with Gasteiger partial charge in [0.2, 0.25) is 5.91 Å². The third kappa shape index (κ3) is 1.99. The Morgan fingerprint density at radius 1 is 1.50 bits per heavy atom. The van der Waals surface area contributed by atoms with Crippen LogP contribution in [0.5, 0.6) is 0 Å². The normalized spacial score (nSPS) is 9.75. The molecule has 1 aromatic rings. The summed E-state index contributed by atoms with van der Waals surface area (Å²) in [7, 11) is 0. The molecule has 0 aliphatic rings. The number of aryl methyl sites for hydroxylation is 1. The first kappa shape index (κ1) is 8.59. The first-order valence-corrected chi connectivity index (χ1v) is 3.73. The van der Waals surface area contributed by atoms with Crippen molar-refractivity contribution in [3.63, 3.8) is 0 Å². The fraction of sp³-hybridized carbons (Fsp3) is 0.222. The largest absolute Gasteiger partial charge is 0.398 e. The van der Waals surface area contributed by atoms with Crippen LogP contribution >= 0.6 is 0 Å². The first-order valence-electron chi connectivity index (χ1n) is 3.73. The predicted molar refractivity (Wildman–Crippen MR) is 48.5 cm³/mol. The summed E-state index contributed by atoms with van der Waals surface area (Å²) < 4.78 is 0. The number of hydrogen-bond donors (Lipinski definition) is 2. The number of nitrogens with two attached hydrogens (primary N) is 2. The zero-order valence-corrected chi connectivity index (χ0v) is 7.00. The van der Waals surface area contributed by atoms with Gasteiger partial charge in [0.15, 0.2) is 0 Å². The van der Waals surface area contributed by atoms with Crippen LogP contribution < -0.4 is 11.5 Å². The Morgan fingerprint density at radius 3 is 2.75 bits per heavy atom. The van der Waals surface area contributed by atoms with Crippen LogP contribution in [-0.2, 0) is 11.2 Å². The van der Waals surface area contributed by atoms with Crippen LogP contribution in [0.25, 0.3) is 0 Å². The smallest absolute Gasteiger partial charge is 0.221 e. The van der Waals surface area contributed by atoms with E-state index < -0.39 is 0 Å². The van der Waals surface area contributed by atoms with Crippen LogP contribution in [0.1, 0.15) is 11.1 Å². The highest BCUT2D eigenvalue weighted by Crippen LogP contribution is 2.13. The SMILES string of the molecule is Cc1ccc(N)c(CC(N)=O)c1. The fourth-order valence-corrected chi connectivity index (χ4v) is 1.08. The van der Waals surface area contributed by atoms with Gasteiger partial charge >= 0.3 is 0 Å². The maximum Gasteiger partial charge on any atom is 0.221 e. The third-order valence-electron chi connectivity index (χ3n) is 1.66. The molecule has 0 unspecified atom stereocenters. The average Bonchev–Trinajstić information content (AvgIpc) is 1.96. The molecule has 0 fully saturated rings. The quantitative estimate of drug-likeness (QED) is 0.628. The number of carbonyl (C=O) groups is 1. The number of amides is 1. The monoisotopic (exact) mass is 164 g/mol.